The highest BCUT2D eigenvalue weighted by atomic mass is 79.9. The standard InChI is InChI=1S/C14H17BrN2O2/c1-14-7-3-2-4-10(14)12(14)13(18)17-16-8-9-5-6-11(15)19-9/h5-6,8,10,12H,2-4,7H2,1H3,(H,17,18)/b16-8-/t10-,12+,14-/m0/s1. The molecule has 1 heterocycles. The highest BCUT2D eigenvalue weighted by molar-refractivity contribution is 9.10. The molecule has 4 nitrogen and oxygen atoms in total. The third-order valence-corrected chi connectivity index (χ3v) is 5.00. The van der Waals surface area contributed by atoms with Crippen molar-refractivity contribution in [1.29, 1.82) is 0 Å². The summed E-state index contributed by atoms with van der Waals surface area (Å²) in [5.74, 6) is 1.38. The molecule has 0 spiro atoms. The van der Waals surface area contributed by atoms with Crippen LogP contribution in [0.15, 0.2) is 26.3 Å². The van der Waals surface area contributed by atoms with Gasteiger partial charge in [-0.3, -0.25) is 4.79 Å². The third kappa shape index (κ3) is 2.36. The largest absolute Gasteiger partial charge is 0.448 e. The van der Waals surface area contributed by atoms with Gasteiger partial charge in [-0.05, 0) is 52.2 Å². The number of nitrogens with zero attached hydrogens (tertiary/aromatic N) is 1. The van der Waals surface area contributed by atoms with Gasteiger partial charge >= 0.3 is 0 Å². The fraction of sp³-hybridized carbons (Fsp3) is 0.571. The fourth-order valence-electron chi connectivity index (χ4n) is 3.48. The highest BCUT2D eigenvalue weighted by Gasteiger charge is 2.64. The number of hydrogen-bond acceptors (Lipinski definition) is 3. The zero-order valence-electron chi connectivity index (χ0n) is 10.9. The van der Waals surface area contributed by atoms with Crippen LogP contribution in [-0.2, 0) is 4.79 Å². The van der Waals surface area contributed by atoms with Crippen LogP contribution in [0.4, 0.5) is 0 Å². The average molecular weight is 325 g/mol. The average Bonchev–Trinajstić information content (AvgIpc) is 2.81. The number of hydrazone groups is 1. The van der Waals surface area contributed by atoms with Gasteiger partial charge in [0.25, 0.3) is 0 Å². The maximum Gasteiger partial charge on any atom is 0.244 e. The lowest BCUT2D eigenvalue weighted by Crippen LogP contribution is -2.22. The molecule has 5 heteroatoms. The van der Waals surface area contributed by atoms with Gasteiger partial charge < -0.3 is 4.42 Å². The van der Waals surface area contributed by atoms with Crippen molar-refractivity contribution in [2.45, 2.75) is 32.6 Å². The summed E-state index contributed by atoms with van der Waals surface area (Å²) >= 11 is 3.22. The number of carbonyl (C=O) groups excluding carboxylic acids is 1. The number of halogens is 1. The van der Waals surface area contributed by atoms with E-state index in [1.807, 2.05) is 0 Å². The second-order valence-electron chi connectivity index (χ2n) is 5.71. The van der Waals surface area contributed by atoms with Gasteiger partial charge in [0.15, 0.2) is 4.67 Å². The van der Waals surface area contributed by atoms with Crippen molar-refractivity contribution in [1.82, 2.24) is 5.43 Å². The number of nitrogens with one attached hydrogen (secondary N) is 1. The molecule has 2 aliphatic carbocycles. The van der Waals surface area contributed by atoms with Crippen LogP contribution < -0.4 is 5.43 Å². The molecule has 0 saturated heterocycles. The summed E-state index contributed by atoms with van der Waals surface area (Å²) < 4.78 is 5.93. The Labute approximate surface area is 120 Å². The van der Waals surface area contributed by atoms with Gasteiger partial charge in [-0.1, -0.05) is 19.8 Å². The predicted octanol–water partition coefficient (Wildman–Crippen LogP) is 3.32. The Morgan fingerprint density at radius 1 is 1.58 bits per heavy atom. The second-order valence-corrected chi connectivity index (χ2v) is 6.49. The zero-order chi connectivity index (χ0) is 13.5. The summed E-state index contributed by atoms with van der Waals surface area (Å²) in [7, 11) is 0. The minimum absolute atomic E-state index is 0.0521. The monoisotopic (exact) mass is 324 g/mol. The Kier molecular flexibility index (Phi) is 3.25. The fourth-order valence-corrected chi connectivity index (χ4v) is 3.80. The highest BCUT2D eigenvalue weighted by Crippen LogP contribution is 2.66. The minimum Gasteiger partial charge on any atom is -0.448 e. The molecule has 19 heavy (non-hydrogen) atoms. The minimum atomic E-state index is 0.0521. The second kappa shape index (κ2) is 4.78. The van der Waals surface area contributed by atoms with Gasteiger partial charge in [-0.2, -0.15) is 5.10 Å². The summed E-state index contributed by atoms with van der Waals surface area (Å²) in [5.41, 5.74) is 2.87. The Balaban J connectivity index is 1.56. The van der Waals surface area contributed by atoms with Gasteiger partial charge in [0.2, 0.25) is 5.91 Å². The summed E-state index contributed by atoms with van der Waals surface area (Å²) in [4.78, 5) is 12.1. The number of carbonyl (C=O) groups is 1. The van der Waals surface area contributed by atoms with E-state index in [2.05, 4.69) is 33.4 Å². The summed E-state index contributed by atoms with van der Waals surface area (Å²) in [6.45, 7) is 2.23. The first-order chi connectivity index (χ1) is 9.11. The molecule has 1 amide bonds. The molecule has 0 aromatic carbocycles. The summed E-state index contributed by atoms with van der Waals surface area (Å²) in [6, 6.07) is 3.58. The SMILES string of the molecule is C[C@]12CCCC[C@H]1[C@@H]2C(=O)N/N=C\c1ccc(Br)o1. The molecule has 102 valence electrons. The maximum absolute atomic E-state index is 12.1. The normalized spacial score (nSPS) is 33.2. The van der Waals surface area contributed by atoms with Gasteiger partial charge in [0, 0.05) is 5.92 Å². The number of hydrogen-bond donors (Lipinski definition) is 1. The van der Waals surface area contributed by atoms with Crippen molar-refractivity contribution in [2.24, 2.45) is 22.4 Å². The lowest BCUT2D eigenvalue weighted by Gasteiger charge is -2.15. The van der Waals surface area contributed by atoms with E-state index in [0.29, 0.717) is 16.3 Å². The topological polar surface area (TPSA) is 54.6 Å². The van der Waals surface area contributed by atoms with E-state index in [1.54, 1.807) is 12.1 Å². The van der Waals surface area contributed by atoms with Crippen LogP contribution in [0.1, 0.15) is 38.4 Å². The molecule has 1 N–H and O–H groups in total. The Morgan fingerprint density at radius 3 is 3.05 bits per heavy atom. The molecule has 2 aliphatic rings. The molecular weight excluding hydrogens is 308 g/mol. The maximum atomic E-state index is 12.1. The van der Waals surface area contributed by atoms with Crippen molar-refractivity contribution < 1.29 is 9.21 Å². The van der Waals surface area contributed by atoms with Crippen molar-refractivity contribution >= 4 is 28.1 Å². The molecule has 2 fully saturated rings. The van der Waals surface area contributed by atoms with Crippen LogP contribution in [0, 0.1) is 17.3 Å². The molecule has 1 aromatic rings. The molecule has 0 aliphatic heterocycles. The van der Waals surface area contributed by atoms with E-state index in [9.17, 15) is 4.79 Å². The van der Waals surface area contributed by atoms with Crippen LogP contribution in [0.3, 0.4) is 0 Å². The van der Waals surface area contributed by atoms with E-state index < -0.39 is 0 Å². The van der Waals surface area contributed by atoms with Gasteiger partial charge in [0.1, 0.15) is 5.76 Å². The predicted molar refractivity (Wildman–Crippen MR) is 75.7 cm³/mol. The zero-order valence-corrected chi connectivity index (χ0v) is 12.4. The van der Waals surface area contributed by atoms with E-state index in [4.69, 9.17) is 4.42 Å². The molecule has 2 saturated carbocycles. The quantitative estimate of drug-likeness (QED) is 0.685. The molecule has 0 bridgehead atoms. The van der Waals surface area contributed by atoms with E-state index in [0.717, 1.165) is 0 Å². The van der Waals surface area contributed by atoms with Crippen LogP contribution in [0.2, 0.25) is 0 Å². The molecule has 3 atom stereocenters. The number of furan rings is 1. The van der Waals surface area contributed by atoms with Crippen molar-refractivity contribution in [3.05, 3.63) is 22.6 Å². The number of rotatable bonds is 3. The van der Waals surface area contributed by atoms with Gasteiger partial charge in [-0.25, -0.2) is 5.43 Å². The Morgan fingerprint density at radius 2 is 2.42 bits per heavy atom. The van der Waals surface area contributed by atoms with E-state index >= 15 is 0 Å². The first kappa shape index (κ1) is 12.9. The van der Waals surface area contributed by atoms with Crippen molar-refractivity contribution in [2.75, 3.05) is 0 Å². The van der Waals surface area contributed by atoms with E-state index in [-0.39, 0.29) is 17.2 Å². The lowest BCUT2D eigenvalue weighted by atomic mass is 9.90. The Bertz CT molecular complexity index is 525. The van der Waals surface area contributed by atoms with Gasteiger partial charge in [-0.15, -0.1) is 0 Å². The van der Waals surface area contributed by atoms with Crippen molar-refractivity contribution in [3.63, 3.8) is 0 Å². The summed E-state index contributed by atoms with van der Waals surface area (Å²) in [5, 5.41) is 3.97. The molecule has 3 rings (SSSR count). The van der Waals surface area contributed by atoms with Crippen LogP contribution >= 0.6 is 15.9 Å². The molecule has 0 unspecified atom stereocenters. The van der Waals surface area contributed by atoms with Crippen LogP contribution in [0.25, 0.3) is 0 Å². The molecule has 0 radical (unpaired) electrons. The van der Waals surface area contributed by atoms with E-state index in [1.165, 1.54) is 31.9 Å². The lowest BCUT2D eigenvalue weighted by molar-refractivity contribution is -0.123. The van der Waals surface area contributed by atoms with Gasteiger partial charge in [0.05, 0.1) is 6.21 Å². The van der Waals surface area contributed by atoms with Crippen molar-refractivity contribution in [3.8, 4) is 0 Å². The first-order valence-corrected chi connectivity index (χ1v) is 7.49. The third-order valence-electron chi connectivity index (χ3n) is 4.57. The smallest absolute Gasteiger partial charge is 0.244 e. The molecular formula is C14H17BrN2O2. The molecule has 1 aromatic heterocycles. The first-order valence-electron chi connectivity index (χ1n) is 6.69. The van der Waals surface area contributed by atoms with Crippen LogP contribution in [0.5, 0.6) is 0 Å². The Hall–Kier alpha value is -1.10. The van der Waals surface area contributed by atoms with Crippen LogP contribution in [-0.4, -0.2) is 12.1 Å². The summed E-state index contributed by atoms with van der Waals surface area (Å²) in [6.07, 6.45) is 6.39. The number of amides is 1. The number of fused-ring (bicyclic) bond motifs is 1.